The fourth-order valence-electron chi connectivity index (χ4n) is 2.56. The summed E-state index contributed by atoms with van der Waals surface area (Å²) in [6.45, 7) is 1.57. The van der Waals surface area contributed by atoms with Crippen LogP contribution in [0.25, 0.3) is 22.9 Å². The first-order valence-electron chi connectivity index (χ1n) is 8.03. The van der Waals surface area contributed by atoms with Crippen molar-refractivity contribution in [2.24, 2.45) is 5.73 Å². The fourth-order valence-corrected chi connectivity index (χ4v) is 2.56. The molecule has 0 unspecified atom stereocenters. The van der Waals surface area contributed by atoms with Gasteiger partial charge in [-0.1, -0.05) is 0 Å². The Morgan fingerprint density at radius 2 is 1.86 bits per heavy atom. The molecule has 0 bridgehead atoms. The number of hydrogen-bond donors (Lipinski definition) is 1. The largest absolute Gasteiger partial charge is 0.416 e. The average molecular weight is 385 g/mol. The molecule has 0 aliphatic heterocycles. The van der Waals surface area contributed by atoms with Gasteiger partial charge in [0.05, 0.1) is 16.8 Å². The number of nitrogens with zero attached hydrogens (tertiary/aromatic N) is 4. The van der Waals surface area contributed by atoms with Crippen molar-refractivity contribution in [3.63, 3.8) is 0 Å². The Morgan fingerprint density at radius 3 is 2.50 bits per heavy atom. The van der Waals surface area contributed by atoms with Crippen LogP contribution in [0, 0.1) is 6.92 Å². The molecule has 9 heteroatoms. The summed E-state index contributed by atoms with van der Waals surface area (Å²) in [6, 6.07) is 5.15. The van der Waals surface area contributed by atoms with E-state index in [0.717, 1.165) is 12.1 Å². The zero-order valence-corrected chi connectivity index (χ0v) is 14.6. The van der Waals surface area contributed by atoms with Gasteiger partial charge < -0.3 is 5.73 Å². The zero-order chi connectivity index (χ0) is 20.3. The van der Waals surface area contributed by atoms with Gasteiger partial charge in [0.25, 0.3) is 0 Å². The van der Waals surface area contributed by atoms with E-state index < -0.39 is 17.6 Å². The van der Waals surface area contributed by atoms with E-state index in [1.54, 1.807) is 13.0 Å². The lowest BCUT2D eigenvalue weighted by atomic mass is 10.0. The SMILES string of the molecule is Cc1cc(-c2ccnc(/C=C(/C(N)=O)c3cncnc3)n2)cc(C(F)(F)F)c1. The number of rotatable bonds is 4. The summed E-state index contributed by atoms with van der Waals surface area (Å²) in [4.78, 5) is 27.7. The Kier molecular flexibility index (Phi) is 5.16. The molecule has 3 aromatic rings. The molecule has 2 heterocycles. The predicted molar refractivity (Wildman–Crippen MR) is 96.3 cm³/mol. The van der Waals surface area contributed by atoms with E-state index in [4.69, 9.17) is 5.73 Å². The van der Waals surface area contributed by atoms with E-state index >= 15 is 0 Å². The number of alkyl halides is 3. The molecule has 0 spiro atoms. The van der Waals surface area contributed by atoms with Gasteiger partial charge in [-0.2, -0.15) is 13.2 Å². The monoisotopic (exact) mass is 385 g/mol. The summed E-state index contributed by atoms with van der Waals surface area (Å²) in [6.07, 6.45) is 2.38. The van der Waals surface area contributed by atoms with Crippen LogP contribution in [0.5, 0.6) is 0 Å². The number of primary amides is 1. The summed E-state index contributed by atoms with van der Waals surface area (Å²) < 4.78 is 39.3. The van der Waals surface area contributed by atoms with Gasteiger partial charge >= 0.3 is 6.18 Å². The molecule has 2 aromatic heterocycles. The number of halogens is 3. The maximum absolute atomic E-state index is 13.1. The van der Waals surface area contributed by atoms with Crippen molar-refractivity contribution < 1.29 is 18.0 Å². The first kappa shape index (κ1) is 19.2. The standard InChI is InChI=1S/C19H14F3N5O/c1-11-4-12(6-14(5-11)19(20,21)22)16-2-3-26-17(27-16)7-15(18(23)28)13-8-24-10-25-9-13/h2-10H,1H3,(H2,23,28)/b15-7+. The van der Waals surface area contributed by atoms with Crippen LogP contribution in [-0.2, 0) is 11.0 Å². The van der Waals surface area contributed by atoms with Crippen LogP contribution in [0.15, 0.2) is 49.2 Å². The summed E-state index contributed by atoms with van der Waals surface area (Å²) in [7, 11) is 0. The van der Waals surface area contributed by atoms with E-state index in [9.17, 15) is 18.0 Å². The van der Waals surface area contributed by atoms with Crippen LogP contribution < -0.4 is 5.73 Å². The average Bonchev–Trinajstić information content (AvgIpc) is 2.65. The lowest BCUT2D eigenvalue weighted by molar-refractivity contribution is -0.137. The smallest absolute Gasteiger partial charge is 0.366 e. The van der Waals surface area contributed by atoms with Gasteiger partial charge in [0.2, 0.25) is 5.91 Å². The highest BCUT2D eigenvalue weighted by atomic mass is 19.4. The van der Waals surface area contributed by atoms with Gasteiger partial charge in [-0.05, 0) is 42.8 Å². The first-order chi connectivity index (χ1) is 13.2. The summed E-state index contributed by atoms with van der Waals surface area (Å²) in [5.41, 5.74) is 6.11. The lowest BCUT2D eigenvalue weighted by Gasteiger charge is -2.10. The lowest BCUT2D eigenvalue weighted by Crippen LogP contribution is -2.13. The highest BCUT2D eigenvalue weighted by Crippen LogP contribution is 2.33. The van der Waals surface area contributed by atoms with Crippen molar-refractivity contribution in [2.45, 2.75) is 13.1 Å². The van der Waals surface area contributed by atoms with Crippen molar-refractivity contribution in [2.75, 3.05) is 0 Å². The summed E-state index contributed by atoms with van der Waals surface area (Å²) in [5, 5.41) is 0. The molecule has 142 valence electrons. The van der Waals surface area contributed by atoms with Gasteiger partial charge in [-0.3, -0.25) is 4.79 Å². The molecule has 0 saturated heterocycles. The van der Waals surface area contributed by atoms with E-state index in [1.807, 2.05) is 0 Å². The van der Waals surface area contributed by atoms with Crippen LogP contribution >= 0.6 is 0 Å². The van der Waals surface area contributed by atoms with Crippen molar-refractivity contribution >= 4 is 17.6 Å². The Morgan fingerprint density at radius 1 is 1.14 bits per heavy atom. The van der Waals surface area contributed by atoms with Crippen LogP contribution in [0.4, 0.5) is 13.2 Å². The third-order valence-electron chi connectivity index (χ3n) is 3.79. The second-order valence-electron chi connectivity index (χ2n) is 5.93. The van der Waals surface area contributed by atoms with E-state index in [2.05, 4.69) is 19.9 Å². The van der Waals surface area contributed by atoms with Crippen LogP contribution in [0.1, 0.15) is 22.5 Å². The number of amides is 1. The highest BCUT2D eigenvalue weighted by molar-refractivity contribution is 6.23. The second kappa shape index (κ2) is 7.55. The Hall–Kier alpha value is -3.62. The summed E-state index contributed by atoms with van der Waals surface area (Å²) >= 11 is 0. The van der Waals surface area contributed by atoms with Crippen molar-refractivity contribution in [1.29, 1.82) is 0 Å². The van der Waals surface area contributed by atoms with E-state index in [1.165, 1.54) is 37.1 Å². The molecule has 1 amide bonds. The minimum atomic E-state index is -4.47. The van der Waals surface area contributed by atoms with Crippen LogP contribution in [0.2, 0.25) is 0 Å². The number of aromatic nitrogens is 4. The highest BCUT2D eigenvalue weighted by Gasteiger charge is 2.31. The third kappa shape index (κ3) is 4.37. The molecule has 0 aliphatic rings. The minimum Gasteiger partial charge on any atom is -0.366 e. The Labute approximate surface area is 158 Å². The topological polar surface area (TPSA) is 94.7 Å². The molecule has 6 nitrogen and oxygen atoms in total. The molecule has 2 N–H and O–H groups in total. The van der Waals surface area contributed by atoms with Gasteiger partial charge in [0.15, 0.2) is 5.82 Å². The fraction of sp³-hybridized carbons (Fsp3) is 0.105. The Balaban J connectivity index is 2.06. The zero-order valence-electron chi connectivity index (χ0n) is 14.6. The van der Waals surface area contributed by atoms with Gasteiger partial charge in [-0.25, -0.2) is 19.9 Å². The van der Waals surface area contributed by atoms with Gasteiger partial charge in [-0.15, -0.1) is 0 Å². The maximum Gasteiger partial charge on any atom is 0.416 e. The quantitative estimate of drug-likeness (QED) is 0.696. The second-order valence-corrected chi connectivity index (χ2v) is 5.93. The van der Waals surface area contributed by atoms with E-state index in [0.29, 0.717) is 11.1 Å². The number of carbonyl (C=O) groups excluding carboxylic acids is 1. The predicted octanol–water partition coefficient (Wildman–Crippen LogP) is 3.29. The molecular formula is C19H14F3N5O. The molecule has 0 atom stereocenters. The van der Waals surface area contributed by atoms with Crippen molar-refractivity contribution in [3.05, 3.63) is 71.7 Å². The number of aryl methyl sites for hydroxylation is 1. The minimum absolute atomic E-state index is 0.0815. The summed E-state index contributed by atoms with van der Waals surface area (Å²) in [5.74, 6) is -0.621. The molecule has 1 aromatic carbocycles. The maximum atomic E-state index is 13.1. The molecule has 0 saturated carbocycles. The molecule has 3 rings (SSSR count). The van der Waals surface area contributed by atoms with Crippen LogP contribution in [0.3, 0.4) is 0 Å². The molecule has 0 aliphatic carbocycles. The van der Waals surface area contributed by atoms with E-state index in [-0.39, 0.29) is 22.7 Å². The van der Waals surface area contributed by atoms with Crippen molar-refractivity contribution in [3.8, 4) is 11.3 Å². The number of hydrogen-bond acceptors (Lipinski definition) is 5. The normalized spacial score (nSPS) is 12.1. The molecular weight excluding hydrogens is 371 g/mol. The number of carbonyl (C=O) groups is 1. The third-order valence-corrected chi connectivity index (χ3v) is 3.79. The number of nitrogens with two attached hydrogens (primary N) is 1. The van der Waals surface area contributed by atoms with Gasteiger partial charge in [0.1, 0.15) is 6.33 Å². The Bertz CT molecular complexity index is 1050. The number of benzene rings is 1. The van der Waals surface area contributed by atoms with Crippen molar-refractivity contribution in [1.82, 2.24) is 19.9 Å². The van der Waals surface area contributed by atoms with Crippen LogP contribution in [-0.4, -0.2) is 25.8 Å². The van der Waals surface area contributed by atoms with Gasteiger partial charge in [0, 0.05) is 29.7 Å². The molecule has 0 fully saturated rings. The molecule has 28 heavy (non-hydrogen) atoms. The molecule has 0 radical (unpaired) electrons. The first-order valence-corrected chi connectivity index (χ1v) is 8.03.